The monoisotopic (exact) mass is 275 g/mol. The molecule has 0 N–H and O–H groups in total. The van der Waals surface area contributed by atoms with Crippen LogP contribution in [0.2, 0.25) is 0 Å². The Kier molecular flexibility index (Phi) is 6.05. The van der Waals surface area contributed by atoms with Crippen LogP contribution >= 0.6 is 11.6 Å². The van der Waals surface area contributed by atoms with Crippen molar-refractivity contribution in [3.05, 3.63) is 35.4 Å². The Balaban J connectivity index is 2.87. The van der Waals surface area contributed by atoms with Gasteiger partial charge in [-0.25, -0.2) is 8.78 Å². The van der Waals surface area contributed by atoms with Crippen molar-refractivity contribution in [2.75, 3.05) is 19.0 Å². The predicted molar refractivity (Wildman–Crippen MR) is 67.9 cm³/mol. The number of amides is 1. The first kappa shape index (κ1) is 14.9. The molecule has 0 bridgehead atoms. The van der Waals surface area contributed by atoms with E-state index >= 15 is 0 Å². The van der Waals surface area contributed by atoms with Gasteiger partial charge in [-0.3, -0.25) is 4.79 Å². The minimum atomic E-state index is -0.837. The van der Waals surface area contributed by atoms with E-state index in [4.69, 9.17) is 11.6 Å². The lowest BCUT2D eigenvalue weighted by Gasteiger charge is -2.21. The Bertz CT molecular complexity index is 412. The minimum Gasteiger partial charge on any atom is -0.337 e. The van der Waals surface area contributed by atoms with E-state index < -0.39 is 17.5 Å². The fourth-order valence-electron chi connectivity index (χ4n) is 1.60. The summed E-state index contributed by atoms with van der Waals surface area (Å²) in [6, 6.07) is 2.96. The fraction of sp³-hybridized carbons (Fsp3) is 0.462. The van der Waals surface area contributed by atoms with Crippen LogP contribution in [-0.2, 0) is 0 Å². The quantitative estimate of drug-likeness (QED) is 0.728. The summed E-state index contributed by atoms with van der Waals surface area (Å²) < 4.78 is 26.3. The van der Waals surface area contributed by atoms with Gasteiger partial charge in [-0.15, -0.1) is 11.6 Å². The van der Waals surface area contributed by atoms with Crippen molar-refractivity contribution in [3.63, 3.8) is 0 Å². The van der Waals surface area contributed by atoms with E-state index in [-0.39, 0.29) is 11.4 Å². The second kappa shape index (κ2) is 7.31. The molecule has 18 heavy (non-hydrogen) atoms. The van der Waals surface area contributed by atoms with Gasteiger partial charge in [0.2, 0.25) is 0 Å². The molecular weight excluding hydrogens is 260 g/mol. The number of alkyl halides is 1. The van der Waals surface area contributed by atoms with Gasteiger partial charge >= 0.3 is 0 Å². The Labute approximate surface area is 111 Å². The number of carbonyl (C=O) groups is 1. The third-order valence-corrected chi connectivity index (χ3v) is 2.75. The van der Waals surface area contributed by atoms with Crippen LogP contribution in [0.5, 0.6) is 0 Å². The van der Waals surface area contributed by atoms with Gasteiger partial charge in [-0.2, -0.15) is 0 Å². The molecule has 0 heterocycles. The van der Waals surface area contributed by atoms with Crippen molar-refractivity contribution in [1.82, 2.24) is 4.90 Å². The molecule has 1 rings (SSSR count). The molecule has 0 spiro atoms. The lowest BCUT2D eigenvalue weighted by Crippen LogP contribution is -2.34. The predicted octanol–water partition coefficient (Wildman–Crippen LogP) is 3.45. The van der Waals surface area contributed by atoms with Crippen molar-refractivity contribution in [2.45, 2.75) is 19.8 Å². The highest BCUT2D eigenvalue weighted by molar-refractivity contribution is 6.18. The molecule has 0 saturated heterocycles. The van der Waals surface area contributed by atoms with Crippen LogP contribution in [0.3, 0.4) is 0 Å². The topological polar surface area (TPSA) is 20.3 Å². The van der Waals surface area contributed by atoms with Crippen molar-refractivity contribution in [3.8, 4) is 0 Å². The largest absolute Gasteiger partial charge is 0.337 e. The summed E-state index contributed by atoms with van der Waals surface area (Å²) in [6.45, 7) is 2.89. The maximum absolute atomic E-state index is 13.5. The summed E-state index contributed by atoms with van der Waals surface area (Å²) in [7, 11) is 0. The van der Waals surface area contributed by atoms with Gasteiger partial charge in [-0.05, 0) is 18.6 Å². The zero-order chi connectivity index (χ0) is 13.5. The highest BCUT2D eigenvalue weighted by atomic mass is 35.5. The minimum absolute atomic E-state index is 0.113. The van der Waals surface area contributed by atoms with Crippen LogP contribution in [0, 0.1) is 11.6 Å². The molecule has 0 aliphatic rings. The number of rotatable bonds is 6. The highest BCUT2D eigenvalue weighted by Crippen LogP contribution is 2.13. The smallest absolute Gasteiger partial charge is 0.256 e. The molecule has 2 nitrogen and oxygen atoms in total. The Morgan fingerprint density at radius 1 is 1.33 bits per heavy atom. The van der Waals surface area contributed by atoms with Crippen molar-refractivity contribution < 1.29 is 13.6 Å². The average Bonchev–Trinajstić information content (AvgIpc) is 2.33. The SMILES string of the molecule is CCCCN(CCCl)C(=O)c1ccc(F)cc1F. The molecule has 1 aromatic rings. The van der Waals surface area contributed by atoms with Crippen LogP contribution in [0.4, 0.5) is 8.78 Å². The lowest BCUT2D eigenvalue weighted by atomic mass is 10.1. The number of hydrogen-bond acceptors (Lipinski definition) is 1. The maximum Gasteiger partial charge on any atom is 0.256 e. The highest BCUT2D eigenvalue weighted by Gasteiger charge is 2.18. The summed E-state index contributed by atoms with van der Waals surface area (Å²) in [5.41, 5.74) is -0.113. The first-order chi connectivity index (χ1) is 8.60. The summed E-state index contributed by atoms with van der Waals surface area (Å²) in [5, 5.41) is 0. The molecule has 0 saturated carbocycles. The van der Waals surface area contributed by atoms with Crippen LogP contribution < -0.4 is 0 Å². The molecule has 1 aromatic carbocycles. The van der Waals surface area contributed by atoms with E-state index in [1.165, 1.54) is 11.0 Å². The molecule has 1 amide bonds. The van der Waals surface area contributed by atoms with E-state index in [1.807, 2.05) is 6.92 Å². The van der Waals surface area contributed by atoms with Crippen LogP contribution in [0.15, 0.2) is 18.2 Å². The molecular formula is C13H16ClF2NO. The van der Waals surface area contributed by atoms with E-state index in [9.17, 15) is 13.6 Å². The van der Waals surface area contributed by atoms with Gasteiger partial charge in [0.15, 0.2) is 0 Å². The molecule has 0 fully saturated rings. The summed E-state index contributed by atoms with van der Waals surface area (Å²) in [5.74, 6) is -1.68. The van der Waals surface area contributed by atoms with Crippen LogP contribution in [-0.4, -0.2) is 29.8 Å². The van der Waals surface area contributed by atoms with E-state index in [1.54, 1.807) is 0 Å². The van der Waals surface area contributed by atoms with Crippen molar-refractivity contribution in [1.29, 1.82) is 0 Å². The molecule has 0 aromatic heterocycles. The first-order valence-electron chi connectivity index (χ1n) is 5.90. The number of carbonyl (C=O) groups excluding carboxylic acids is 1. The zero-order valence-electron chi connectivity index (χ0n) is 10.3. The summed E-state index contributed by atoms with van der Waals surface area (Å²) in [4.78, 5) is 13.6. The van der Waals surface area contributed by atoms with Gasteiger partial charge in [-0.1, -0.05) is 13.3 Å². The van der Waals surface area contributed by atoms with Crippen molar-refractivity contribution >= 4 is 17.5 Å². The second-order valence-corrected chi connectivity index (χ2v) is 4.34. The number of benzene rings is 1. The van der Waals surface area contributed by atoms with Crippen LogP contribution in [0.25, 0.3) is 0 Å². The fourth-order valence-corrected chi connectivity index (χ4v) is 1.80. The van der Waals surface area contributed by atoms with Gasteiger partial charge < -0.3 is 4.90 Å². The normalized spacial score (nSPS) is 10.4. The van der Waals surface area contributed by atoms with Crippen molar-refractivity contribution in [2.24, 2.45) is 0 Å². The molecule has 100 valence electrons. The standard InChI is InChI=1S/C13H16ClF2NO/c1-2-3-7-17(8-6-14)13(18)11-5-4-10(15)9-12(11)16/h4-5,9H,2-3,6-8H2,1H3. The van der Waals surface area contributed by atoms with Crippen LogP contribution in [0.1, 0.15) is 30.1 Å². The van der Waals surface area contributed by atoms with E-state index in [0.29, 0.717) is 19.2 Å². The first-order valence-corrected chi connectivity index (χ1v) is 6.44. The summed E-state index contributed by atoms with van der Waals surface area (Å²) in [6.07, 6.45) is 1.75. The molecule has 5 heteroatoms. The molecule has 0 aliphatic carbocycles. The zero-order valence-corrected chi connectivity index (χ0v) is 11.0. The van der Waals surface area contributed by atoms with E-state index in [2.05, 4.69) is 0 Å². The molecule has 0 aliphatic heterocycles. The number of halogens is 3. The third-order valence-electron chi connectivity index (χ3n) is 2.58. The van der Waals surface area contributed by atoms with Gasteiger partial charge in [0.25, 0.3) is 5.91 Å². The third kappa shape index (κ3) is 3.95. The maximum atomic E-state index is 13.5. The Morgan fingerprint density at radius 2 is 2.06 bits per heavy atom. The second-order valence-electron chi connectivity index (χ2n) is 3.96. The lowest BCUT2D eigenvalue weighted by molar-refractivity contribution is 0.0758. The number of unbranched alkanes of at least 4 members (excludes halogenated alkanes) is 1. The number of nitrogens with zero attached hydrogens (tertiary/aromatic N) is 1. The van der Waals surface area contributed by atoms with Gasteiger partial charge in [0, 0.05) is 25.0 Å². The van der Waals surface area contributed by atoms with Gasteiger partial charge in [0.05, 0.1) is 5.56 Å². The molecule has 0 unspecified atom stereocenters. The number of hydrogen-bond donors (Lipinski definition) is 0. The Morgan fingerprint density at radius 3 is 2.61 bits per heavy atom. The molecule has 0 atom stereocenters. The average molecular weight is 276 g/mol. The summed E-state index contributed by atoms with van der Waals surface area (Å²) >= 11 is 5.62. The van der Waals surface area contributed by atoms with Gasteiger partial charge in [0.1, 0.15) is 11.6 Å². The Hall–Kier alpha value is -1.16. The molecule has 0 radical (unpaired) electrons. The van der Waals surface area contributed by atoms with E-state index in [0.717, 1.165) is 18.9 Å².